The van der Waals surface area contributed by atoms with E-state index in [1.165, 1.54) is 26.1 Å². The molecule has 0 aromatic carbocycles. The molecule has 0 spiro atoms. The molecule has 0 amide bonds. The minimum Gasteiger partial charge on any atom is -0.313 e. The summed E-state index contributed by atoms with van der Waals surface area (Å²) in [5.74, 6) is 1.85. The van der Waals surface area contributed by atoms with Crippen LogP contribution >= 0.6 is 0 Å². The molecule has 2 rings (SSSR count). The highest BCUT2D eigenvalue weighted by molar-refractivity contribution is 4.92. The molecule has 2 heteroatoms. The van der Waals surface area contributed by atoms with Gasteiger partial charge in [-0.1, -0.05) is 13.8 Å². The molecule has 0 saturated carbocycles. The fourth-order valence-electron chi connectivity index (χ4n) is 2.46. The van der Waals surface area contributed by atoms with E-state index in [-0.39, 0.29) is 0 Å². The number of nitrogens with zero attached hydrogens (tertiary/aromatic N) is 1. The van der Waals surface area contributed by atoms with Crippen molar-refractivity contribution in [2.24, 2.45) is 11.8 Å². The third kappa shape index (κ3) is 1.89. The summed E-state index contributed by atoms with van der Waals surface area (Å²) < 4.78 is 0. The van der Waals surface area contributed by atoms with E-state index in [2.05, 4.69) is 31.0 Å². The molecule has 0 aliphatic carbocycles. The van der Waals surface area contributed by atoms with E-state index >= 15 is 0 Å². The molecule has 2 aliphatic heterocycles. The van der Waals surface area contributed by atoms with E-state index in [4.69, 9.17) is 0 Å². The van der Waals surface area contributed by atoms with Gasteiger partial charge in [0.2, 0.25) is 0 Å². The van der Waals surface area contributed by atoms with E-state index in [1.807, 2.05) is 0 Å². The summed E-state index contributed by atoms with van der Waals surface area (Å²) in [6.45, 7) is 10.9. The first-order chi connectivity index (χ1) is 6.16. The van der Waals surface area contributed by atoms with Crippen LogP contribution in [-0.2, 0) is 0 Å². The van der Waals surface area contributed by atoms with E-state index < -0.39 is 0 Å². The summed E-state index contributed by atoms with van der Waals surface area (Å²) in [7, 11) is 0. The average molecular weight is 182 g/mol. The van der Waals surface area contributed by atoms with Gasteiger partial charge in [-0.2, -0.15) is 0 Å². The average Bonchev–Trinajstić information content (AvgIpc) is 2.31. The molecule has 0 aromatic rings. The highest BCUT2D eigenvalue weighted by Gasteiger charge is 2.36. The summed E-state index contributed by atoms with van der Waals surface area (Å²) in [4.78, 5) is 2.65. The molecule has 1 N–H and O–H groups in total. The minimum atomic E-state index is 0.739. The van der Waals surface area contributed by atoms with Crippen molar-refractivity contribution in [1.29, 1.82) is 0 Å². The van der Waals surface area contributed by atoms with Crippen molar-refractivity contribution in [2.45, 2.75) is 39.3 Å². The van der Waals surface area contributed by atoms with Crippen LogP contribution in [0, 0.1) is 11.8 Å². The van der Waals surface area contributed by atoms with Crippen molar-refractivity contribution in [2.75, 3.05) is 19.6 Å². The third-order valence-electron chi connectivity index (χ3n) is 3.72. The summed E-state index contributed by atoms with van der Waals surface area (Å²) in [5.41, 5.74) is 0. The molecule has 2 unspecified atom stereocenters. The van der Waals surface area contributed by atoms with Gasteiger partial charge in [0.25, 0.3) is 0 Å². The standard InChI is InChI=1S/C11H22N2/c1-8(2)10-6-13(7-10)11-4-9(3)12-5-11/h8-12H,4-7H2,1-3H3. The Balaban J connectivity index is 1.74. The number of hydrogen-bond acceptors (Lipinski definition) is 2. The van der Waals surface area contributed by atoms with Gasteiger partial charge in [-0.15, -0.1) is 0 Å². The van der Waals surface area contributed by atoms with Gasteiger partial charge in [-0.05, 0) is 25.2 Å². The highest BCUT2D eigenvalue weighted by atomic mass is 15.2. The molecular weight excluding hydrogens is 160 g/mol. The number of likely N-dealkylation sites (tertiary alicyclic amines) is 1. The van der Waals surface area contributed by atoms with E-state index in [0.717, 1.165) is 23.9 Å². The quantitative estimate of drug-likeness (QED) is 0.693. The molecule has 2 heterocycles. The molecule has 2 fully saturated rings. The second-order valence-electron chi connectivity index (χ2n) is 5.16. The lowest BCUT2D eigenvalue weighted by Gasteiger charge is -2.45. The molecule has 0 radical (unpaired) electrons. The zero-order valence-corrected chi connectivity index (χ0v) is 9.09. The summed E-state index contributed by atoms with van der Waals surface area (Å²) in [6.07, 6.45) is 1.35. The SMILES string of the molecule is CC1CC(N2CC(C(C)C)C2)CN1. The van der Waals surface area contributed by atoms with Crippen LogP contribution in [0.1, 0.15) is 27.2 Å². The Labute approximate surface area is 81.7 Å². The van der Waals surface area contributed by atoms with E-state index in [9.17, 15) is 0 Å². The summed E-state index contributed by atoms with van der Waals surface area (Å²) >= 11 is 0. The fraction of sp³-hybridized carbons (Fsp3) is 1.00. The van der Waals surface area contributed by atoms with Crippen LogP contribution in [0.5, 0.6) is 0 Å². The van der Waals surface area contributed by atoms with Gasteiger partial charge in [0, 0.05) is 31.7 Å². The van der Waals surface area contributed by atoms with Crippen LogP contribution in [0.3, 0.4) is 0 Å². The van der Waals surface area contributed by atoms with Gasteiger partial charge in [0.15, 0.2) is 0 Å². The van der Waals surface area contributed by atoms with Crippen LogP contribution in [0.4, 0.5) is 0 Å². The van der Waals surface area contributed by atoms with E-state index in [1.54, 1.807) is 0 Å². The maximum atomic E-state index is 3.52. The zero-order chi connectivity index (χ0) is 9.42. The molecule has 0 aromatic heterocycles. The van der Waals surface area contributed by atoms with Crippen molar-refractivity contribution in [3.05, 3.63) is 0 Å². The summed E-state index contributed by atoms with van der Waals surface area (Å²) in [6, 6.07) is 1.58. The van der Waals surface area contributed by atoms with Gasteiger partial charge in [0.1, 0.15) is 0 Å². The maximum Gasteiger partial charge on any atom is 0.0235 e. The van der Waals surface area contributed by atoms with Crippen molar-refractivity contribution >= 4 is 0 Å². The third-order valence-corrected chi connectivity index (χ3v) is 3.72. The van der Waals surface area contributed by atoms with E-state index in [0.29, 0.717) is 0 Å². The predicted octanol–water partition coefficient (Wildman–Crippen LogP) is 1.32. The van der Waals surface area contributed by atoms with Crippen molar-refractivity contribution in [3.8, 4) is 0 Å². The van der Waals surface area contributed by atoms with Crippen LogP contribution in [-0.4, -0.2) is 36.6 Å². The highest BCUT2D eigenvalue weighted by Crippen LogP contribution is 2.27. The lowest BCUT2D eigenvalue weighted by molar-refractivity contribution is 0.0341. The lowest BCUT2D eigenvalue weighted by atomic mass is 9.87. The Hall–Kier alpha value is -0.0800. The Morgan fingerprint density at radius 1 is 1.31 bits per heavy atom. The molecule has 0 bridgehead atoms. The first kappa shape index (κ1) is 9.47. The Kier molecular flexibility index (Phi) is 2.61. The molecule has 13 heavy (non-hydrogen) atoms. The molecule has 2 saturated heterocycles. The largest absolute Gasteiger partial charge is 0.313 e. The second kappa shape index (κ2) is 3.58. The van der Waals surface area contributed by atoms with Gasteiger partial charge < -0.3 is 5.32 Å². The second-order valence-corrected chi connectivity index (χ2v) is 5.16. The Morgan fingerprint density at radius 2 is 2.00 bits per heavy atom. The Bertz CT molecular complexity index is 173. The van der Waals surface area contributed by atoms with Gasteiger partial charge in [-0.25, -0.2) is 0 Å². The molecule has 2 atom stereocenters. The van der Waals surface area contributed by atoms with Crippen LogP contribution in [0.25, 0.3) is 0 Å². The first-order valence-electron chi connectivity index (χ1n) is 5.64. The molecule has 2 aliphatic rings. The van der Waals surface area contributed by atoms with Crippen molar-refractivity contribution in [1.82, 2.24) is 10.2 Å². The lowest BCUT2D eigenvalue weighted by Crippen LogP contribution is -2.54. The number of nitrogens with one attached hydrogen (secondary N) is 1. The summed E-state index contributed by atoms with van der Waals surface area (Å²) in [5, 5.41) is 3.52. The number of rotatable bonds is 2. The minimum absolute atomic E-state index is 0.739. The van der Waals surface area contributed by atoms with Gasteiger partial charge >= 0.3 is 0 Å². The zero-order valence-electron chi connectivity index (χ0n) is 9.09. The van der Waals surface area contributed by atoms with Crippen molar-refractivity contribution < 1.29 is 0 Å². The van der Waals surface area contributed by atoms with Crippen LogP contribution < -0.4 is 5.32 Å². The molecule has 2 nitrogen and oxygen atoms in total. The molecule has 76 valence electrons. The Morgan fingerprint density at radius 3 is 2.46 bits per heavy atom. The normalized spacial score (nSPS) is 36.9. The smallest absolute Gasteiger partial charge is 0.0235 e. The first-order valence-corrected chi connectivity index (χ1v) is 5.64. The topological polar surface area (TPSA) is 15.3 Å². The monoisotopic (exact) mass is 182 g/mol. The number of hydrogen-bond donors (Lipinski definition) is 1. The van der Waals surface area contributed by atoms with Crippen LogP contribution in [0.15, 0.2) is 0 Å². The van der Waals surface area contributed by atoms with Gasteiger partial charge in [0.05, 0.1) is 0 Å². The maximum absolute atomic E-state index is 3.52. The van der Waals surface area contributed by atoms with Crippen LogP contribution in [0.2, 0.25) is 0 Å². The predicted molar refractivity (Wildman–Crippen MR) is 55.8 cm³/mol. The van der Waals surface area contributed by atoms with Gasteiger partial charge in [-0.3, -0.25) is 4.90 Å². The fourth-order valence-corrected chi connectivity index (χ4v) is 2.46. The van der Waals surface area contributed by atoms with Crippen molar-refractivity contribution in [3.63, 3.8) is 0 Å². The molecular formula is C11H22N2.